The van der Waals surface area contributed by atoms with Crippen LogP contribution in [0.2, 0.25) is 0 Å². The maximum Gasteiger partial charge on any atom is 0.211 e. The van der Waals surface area contributed by atoms with E-state index in [0.717, 1.165) is 12.8 Å². The molecule has 0 spiro atoms. The van der Waals surface area contributed by atoms with E-state index >= 15 is 0 Å². The summed E-state index contributed by atoms with van der Waals surface area (Å²) in [6.45, 7) is 4.18. The molecule has 11 heavy (non-hydrogen) atoms. The second-order valence-corrected chi connectivity index (χ2v) is 5.11. The van der Waals surface area contributed by atoms with E-state index in [4.69, 9.17) is 0 Å². The Kier molecular flexibility index (Phi) is 4.68. The third-order valence-corrected chi connectivity index (χ3v) is 2.95. The van der Waals surface area contributed by atoms with Gasteiger partial charge < -0.3 is 0 Å². The highest BCUT2D eigenvalue weighted by Gasteiger charge is 2.05. The Morgan fingerprint density at radius 3 is 2.27 bits per heavy atom. The lowest BCUT2D eigenvalue weighted by Gasteiger charge is -2.04. The van der Waals surface area contributed by atoms with E-state index < -0.39 is 10.0 Å². The monoisotopic (exact) mass is 179 g/mol. The lowest BCUT2D eigenvalue weighted by molar-refractivity contribution is 0.556. The topological polar surface area (TPSA) is 46.2 Å². The van der Waals surface area contributed by atoms with Crippen molar-refractivity contribution in [3.63, 3.8) is 0 Å². The van der Waals surface area contributed by atoms with Gasteiger partial charge in [-0.1, -0.05) is 13.8 Å². The van der Waals surface area contributed by atoms with Gasteiger partial charge in [0.2, 0.25) is 10.0 Å². The molecule has 0 saturated carbocycles. The summed E-state index contributed by atoms with van der Waals surface area (Å²) in [6.07, 6.45) is 1.72. The molecule has 0 heterocycles. The Balaban J connectivity index is 3.55. The summed E-state index contributed by atoms with van der Waals surface area (Å²) in [5, 5.41) is 0. The van der Waals surface area contributed by atoms with Gasteiger partial charge in [-0.05, 0) is 25.8 Å². The molecule has 0 unspecified atom stereocenters. The number of nitrogens with one attached hydrogen (secondary N) is 1. The summed E-state index contributed by atoms with van der Waals surface area (Å²) in [5.41, 5.74) is 0. The molecule has 1 N–H and O–H groups in total. The van der Waals surface area contributed by atoms with Crippen molar-refractivity contribution in [1.29, 1.82) is 0 Å². The smallest absolute Gasteiger partial charge is 0.211 e. The van der Waals surface area contributed by atoms with Gasteiger partial charge in [0.1, 0.15) is 0 Å². The normalized spacial score (nSPS) is 12.4. The first-order valence-electron chi connectivity index (χ1n) is 3.89. The third-order valence-electron chi connectivity index (χ3n) is 1.51. The molecule has 0 aliphatic rings. The van der Waals surface area contributed by atoms with E-state index in [0.29, 0.717) is 5.92 Å². The first kappa shape index (κ1) is 10.9. The summed E-state index contributed by atoms with van der Waals surface area (Å²) in [4.78, 5) is 0. The second kappa shape index (κ2) is 4.72. The van der Waals surface area contributed by atoms with Gasteiger partial charge in [-0.2, -0.15) is 0 Å². The van der Waals surface area contributed by atoms with Crippen molar-refractivity contribution in [3.05, 3.63) is 0 Å². The standard InChI is InChI=1S/C7H17NO2S/c1-7(2)5-4-6-11(9,10)8-3/h7-8H,4-6H2,1-3H3. The summed E-state index contributed by atoms with van der Waals surface area (Å²) in [7, 11) is -1.52. The fourth-order valence-electron chi connectivity index (χ4n) is 0.784. The van der Waals surface area contributed by atoms with Gasteiger partial charge in [-0.3, -0.25) is 0 Å². The molecule has 0 aromatic carbocycles. The average molecular weight is 179 g/mol. The van der Waals surface area contributed by atoms with Gasteiger partial charge >= 0.3 is 0 Å². The minimum atomic E-state index is -2.97. The molecule has 0 radical (unpaired) electrons. The zero-order chi connectivity index (χ0) is 8.91. The van der Waals surface area contributed by atoms with Crippen molar-refractivity contribution in [1.82, 2.24) is 4.72 Å². The molecule has 4 heteroatoms. The maximum atomic E-state index is 10.9. The number of hydrogen-bond donors (Lipinski definition) is 1. The lowest BCUT2D eigenvalue weighted by atomic mass is 10.1. The van der Waals surface area contributed by atoms with Gasteiger partial charge in [0.05, 0.1) is 5.75 Å². The van der Waals surface area contributed by atoms with Gasteiger partial charge in [0.15, 0.2) is 0 Å². The molecule has 0 bridgehead atoms. The lowest BCUT2D eigenvalue weighted by Crippen LogP contribution is -2.22. The highest BCUT2D eigenvalue weighted by Crippen LogP contribution is 2.04. The quantitative estimate of drug-likeness (QED) is 0.683. The van der Waals surface area contributed by atoms with Crippen LogP contribution in [0.1, 0.15) is 26.7 Å². The number of rotatable bonds is 5. The van der Waals surface area contributed by atoms with Crippen LogP contribution in [0, 0.1) is 5.92 Å². The van der Waals surface area contributed by atoms with Crippen LogP contribution >= 0.6 is 0 Å². The Hall–Kier alpha value is -0.0900. The van der Waals surface area contributed by atoms with Crippen molar-refractivity contribution < 1.29 is 8.42 Å². The third kappa shape index (κ3) is 6.31. The molecular weight excluding hydrogens is 162 g/mol. The Morgan fingerprint density at radius 1 is 1.36 bits per heavy atom. The molecule has 68 valence electrons. The van der Waals surface area contributed by atoms with Crippen molar-refractivity contribution >= 4 is 10.0 Å². The summed E-state index contributed by atoms with van der Waals surface area (Å²) < 4.78 is 24.0. The SMILES string of the molecule is CNS(=O)(=O)CCCC(C)C. The Bertz CT molecular complexity index is 185. The molecule has 0 aliphatic heterocycles. The highest BCUT2D eigenvalue weighted by molar-refractivity contribution is 7.89. The number of hydrogen-bond acceptors (Lipinski definition) is 2. The fourth-order valence-corrected chi connectivity index (χ4v) is 1.53. The van der Waals surface area contributed by atoms with Crippen LogP contribution in [-0.4, -0.2) is 21.2 Å². The highest BCUT2D eigenvalue weighted by atomic mass is 32.2. The predicted molar refractivity (Wildman–Crippen MR) is 46.9 cm³/mol. The van der Waals surface area contributed by atoms with E-state index in [1.807, 2.05) is 0 Å². The molecule has 0 amide bonds. The van der Waals surface area contributed by atoms with Crippen molar-refractivity contribution in [2.45, 2.75) is 26.7 Å². The molecule has 0 aliphatic carbocycles. The summed E-state index contributed by atoms with van der Waals surface area (Å²) >= 11 is 0. The minimum absolute atomic E-state index is 0.252. The van der Waals surface area contributed by atoms with Crippen LogP contribution in [0.3, 0.4) is 0 Å². The molecular formula is C7H17NO2S. The zero-order valence-corrected chi connectivity index (χ0v) is 8.24. The Labute approximate surface area is 69.2 Å². The van der Waals surface area contributed by atoms with Gasteiger partial charge in [0.25, 0.3) is 0 Å². The van der Waals surface area contributed by atoms with Crippen molar-refractivity contribution in [3.8, 4) is 0 Å². The predicted octanol–water partition coefficient (Wildman–Crippen LogP) is 0.972. The second-order valence-electron chi connectivity index (χ2n) is 3.06. The van der Waals surface area contributed by atoms with E-state index in [1.54, 1.807) is 0 Å². The van der Waals surface area contributed by atoms with Crippen LogP contribution in [0.15, 0.2) is 0 Å². The fraction of sp³-hybridized carbons (Fsp3) is 1.00. The molecule has 0 aromatic rings. The first-order chi connectivity index (χ1) is 4.98. The van der Waals surface area contributed by atoms with Crippen LogP contribution in [0.4, 0.5) is 0 Å². The molecule has 0 aromatic heterocycles. The average Bonchev–Trinajstić information content (AvgIpc) is 1.87. The molecule has 0 rings (SSSR count). The summed E-state index contributed by atoms with van der Waals surface area (Å²) in [6, 6.07) is 0. The van der Waals surface area contributed by atoms with Gasteiger partial charge in [-0.15, -0.1) is 0 Å². The van der Waals surface area contributed by atoms with Crippen molar-refractivity contribution in [2.24, 2.45) is 5.92 Å². The van der Waals surface area contributed by atoms with Crippen LogP contribution in [0.5, 0.6) is 0 Å². The van der Waals surface area contributed by atoms with E-state index in [9.17, 15) is 8.42 Å². The van der Waals surface area contributed by atoms with Gasteiger partial charge in [-0.25, -0.2) is 13.1 Å². The van der Waals surface area contributed by atoms with Crippen LogP contribution in [0.25, 0.3) is 0 Å². The first-order valence-corrected chi connectivity index (χ1v) is 5.54. The van der Waals surface area contributed by atoms with Crippen LogP contribution < -0.4 is 4.72 Å². The van der Waals surface area contributed by atoms with E-state index in [-0.39, 0.29) is 5.75 Å². The zero-order valence-electron chi connectivity index (χ0n) is 7.42. The van der Waals surface area contributed by atoms with E-state index in [1.165, 1.54) is 7.05 Å². The van der Waals surface area contributed by atoms with Crippen molar-refractivity contribution in [2.75, 3.05) is 12.8 Å². The van der Waals surface area contributed by atoms with E-state index in [2.05, 4.69) is 18.6 Å². The Morgan fingerprint density at radius 2 is 1.91 bits per heavy atom. The molecule has 3 nitrogen and oxygen atoms in total. The molecule has 0 atom stereocenters. The summed E-state index contributed by atoms with van der Waals surface area (Å²) in [5.74, 6) is 0.837. The van der Waals surface area contributed by atoms with Crippen LogP contribution in [-0.2, 0) is 10.0 Å². The molecule has 0 saturated heterocycles. The maximum absolute atomic E-state index is 10.9. The number of sulfonamides is 1. The largest absolute Gasteiger partial charge is 0.218 e. The molecule has 0 fully saturated rings. The van der Waals surface area contributed by atoms with Gasteiger partial charge in [0, 0.05) is 0 Å². The minimum Gasteiger partial charge on any atom is -0.218 e.